The molecule has 2 aromatic rings. The van der Waals surface area contributed by atoms with Gasteiger partial charge in [0, 0.05) is 36.3 Å². The molecule has 0 radical (unpaired) electrons. The highest BCUT2D eigenvalue weighted by atomic mass is 32.1. The number of nitrogens with zero attached hydrogens (tertiary/aromatic N) is 2. The molecule has 3 heterocycles. The van der Waals surface area contributed by atoms with E-state index in [9.17, 15) is 9.59 Å². The lowest BCUT2D eigenvalue weighted by Gasteiger charge is -2.33. The monoisotopic (exact) mass is 359 g/mol. The van der Waals surface area contributed by atoms with E-state index in [1.54, 1.807) is 19.2 Å². The van der Waals surface area contributed by atoms with Crippen molar-refractivity contribution in [3.8, 4) is 0 Å². The summed E-state index contributed by atoms with van der Waals surface area (Å²) in [7, 11) is 0. The van der Waals surface area contributed by atoms with Crippen molar-refractivity contribution in [2.45, 2.75) is 25.8 Å². The van der Waals surface area contributed by atoms with Crippen LogP contribution in [0, 0.1) is 0 Å². The fourth-order valence-corrected chi connectivity index (χ4v) is 3.46. The average Bonchev–Trinajstić information content (AvgIpc) is 3.18. The number of carbonyl (C=O) groups excluding carboxylic acids is 2. The summed E-state index contributed by atoms with van der Waals surface area (Å²) < 4.78 is 4.96. The average molecular weight is 359 g/mol. The van der Waals surface area contributed by atoms with Crippen LogP contribution in [0.1, 0.15) is 40.5 Å². The Hall–Kier alpha value is -2.41. The smallest absolute Gasteiger partial charge is 0.339 e. The van der Waals surface area contributed by atoms with E-state index in [2.05, 4.69) is 15.2 Å². The predicted molar refractivity (Wildman–Crippen MR) is 97.2 cm³/mol. The minimum atomic E-state index is -0.351. The zero-order valence-corrected chi connectivity index (χ0v) is 14.9. The summed E-state index contributed by atoms with van der Waals surface area (Å²) >= 11 is 1.52. The van der Waals surface area contributed by atoms with Crippen LogP contribution in [0.4, 0.5) is 5.82 Å². The molecule has 0 bridgehead atoms. The molecule has 1 aliphatic heterocycles. The van der Waals surface area contributed by atoms with Crippen molar-refractivity contribution in [2.24, 2.45) is 0 Å². The lowest BCUT2D eigenvalue weighted by molar-refractivity contribution is 0.0525. The molecule has 1 N–H and O–H groups in total. The van der Waals surface area contributed by atoms with Gasteiger partial charge in [0.25, 0.3) is 5.91 Å². The van der Waals surface area contributed by atoms with Crippen molar-refractivity contribution in [3.63, 3.8) is 0 Å². The van der Waals surface area contributed by atoms with E-state index in [4.69, 9.17) is 4.74 Å². The summed E-state index contributed by atoms with van der Waals surface area (Å²) in [4.78, 5) is 30.3. The zero-order chi connectivity index (χ0) is 17.6. The van der Waals surface area contributed by atoms with Crippen LogP contribution < -0.4 is 10.2 Å². The van der Waals surface area contributed by atoms with Gasteiger partial charge < -0.3 is 15.0 Å². The molecule has 1 saturated heterocycles. The lowest BCUT2D eigenvalue weighted by Crippen LogP contribution is -2.44. The summed E-state index contributed by atoms with van der Waals surface area (Å²) in [6.45, 7) is 3.77. The number of hydrogen-bond donors (Lipinski definition) is 1. The van der Waals surface area contributed by atoms with Crippen molar-refractivity contribution in [1.29, 1.82) is 0 Å². The van der Waals surface area contributed by atoms with Gasteiger partial charge in [0.1, 0.15) is 5.82 Å². The number of anilines is 1. The van der Waals surface area contributed by atoms with Gasteiger partial charge in [-0.05, 0) is 43.3 Å². The lowest BCUT2D eigenvalue weighted by atomic mass is 10.0. The van der Waals surface area contributed by atoms with Crippen LogP contribution in [0.5, 0.6) is 0 Å². The van der Waals surface area contributed by atoms with E-state index in [0.717, 1.165) is 37.3 Å². The second kappa shape index (κ2) is 8.11. The molecular weight excluding hydrogens is 338 g/mol. The first kappa shape index (κ1) is 17.4. The Morgan fingerprint density at radius 3 is 2.68 bits per heavy atom. The molecule has 0 saturated carbocycles. The molecule has 3 rings (SSSR count). The SMILES string of the molecule is CCOC(=O)c1ccc(N2CCC(NC(=O)c3ccsc3)CC2)nc1. The molecular formula is C18H21N3O3S. The van der Waals surface area contributed by atoms with E-state index in [1.165, 1.54) is 11.3 Å². The van der Waals surface area contributed by atoms with Crippen LogP contribution >= 0.6 is 11.3 Å². The molecule has 1 aliphatic rings. The maximum absolute atomic E-state index is 12.1. The Morgan fingerprint density at radius 2 is 2.08 bits per heavy atom. The topological polar surface area (TPSA) is 71.5 Å². The van der Waals surface area contributed by atoms with Crippen molar-refractivity contribution in [3.05, 3.63) is 46.3 Å². The van der Waals surface area contributed by atoms with Crippen molar-refractivity contribution < 1.29 is 14.3 Å². The normalized spacial score (nSPS) is 15.0. The summed E-state index contributed by atoms with van der Waals surface area (Å²) in [6, 6.07) is 5.60. The molecule has 6 nitrogen and oxygen atoms in total. The van der Waals surface area contributed by atoms with Gasteiger partial charge in [-0.2, -0.15) is 11.3 Å². The maximum Gasteiger partial charge on any atom is 0.339 e. The Morgan fingerprint density at radius 1 is 1.28 bits per heavy atom. The van der Waals surface area contributed by atoms with Crippen LogP contribution in [-0.2, 0) is 4.74 Å². The number of esters is 1. The van der Waals surface area contributed by atoms with Crippen molar-refractivity contribution in [1.82, 2.24) is 10.3 Å². The molecule has 1 fully saturated rings. The van der Waals surface area contributed by atoms with E-state index in [0.29, 0.717) is 12.2 Å². The summed E-state index contributed by atoms with van der Waals surface area (Å²) in [5, 5.41) is 6.86. The van der Waals surface area contributed by atoms with E-state index >= 15 is 0 Å². The molecule has 1 amide bonds. The van der Waals surface area contributed by atoms with Gasteiger partial charge in [-0.25, -0.2) is 9.78 Å². The molecule has 25 heavy (non-hydrogen) atoms. The second-order valence-corrected chi connectivity index (χ2v) is 6.65. The number of piperidine rings is 1. The largest absolute Gasteiger partial charge is 0.462 e. The number of hydrogen-bond acceptors (Lipinski definition) is 6. The third kappa shape index (κ3) is 4.36. The minimum Gasteiger partial charge on any atom is -0.462 e. The number of amides is 1. The first-order chi connectivity index (χ1) is 12.2. The van der Waals surface area contributed by atoms with E-state index in [-0.39, 0.29) is 17.9 Å². The summed E-state index contributed by atoms with van der Waals surface area (Å²) in [5.74, 6) is 0.490. The molecule has 0 unspecified atom stereocenters. The Kier molecular flexibility index (Phi) is 5.65. The van der Waals surface area contributed by atoms with E-state index < -0.39 is 0 Å². The fraction of sp³-hybridized carbons (Fsp3) is 0.389. The number of nitrogens with one attached hydrogen (secondary N) is 1. The molecule has 7 heteroatoms. The number of thiophene rings is 1. The highest BCUT2D eigenvalue weighted by Crippen LogP contribution is 2.19. The van der Waals surface area contributed by atoms with Gasteiger partial charge in [-0.15, -0.1) is 0 Å². The van der Waals surface area contributed by atoms with Crippen molar-refractivity contribution in [2.75, 3.05) is 24.6 Å². The Labute approximate surface area is 150 Å². The quantitative estimate of drug-likeness (QED) is 0.831. The van der Waals surface area contributed by atoms with E-state index in [1.807, 2.05) is 22.9 Å². The minimum absolute atomic E-state index is 0.00313. The van der Waals surface area contributed by atoms with Gasteiger partial charge in [0.15, 0.2) is 0 Å². The molecule has 0 spiro atoms. The van der Waals surface area contributed by atoms with Gasteiger partial charge in [-0.3, -0.25) is 4.79 Å². The first-order valence-electron chi connectivity index (χ1n) is 8.38. The van der Waals surface area contributed by atoms with Gasteiger partial charge >= 0.3 is 5.97 Å². The van der Waals surface area contributed by atoms with Gasteiger partial charge in [0.05, 0.1) is 12.2 Å². The molecule has 132 valence electrons. The number of aromatic nitrogens is 1. The number of ether oxygens (including phenoxy) is 1. The third-order valence-corrected chi connectivity index (χ3v) is 4.88. The van der Waals surface area contributed by atoms with Crippen LogP contribution in [0.2, 0.25) is 0 Å². The first-order valence-corrected chi connectivity index (χ1v) is 9.33. The summed E-state index contributed by atoms with van der Waals surface area (Å²) in [5.41, 5.74) is 1.19. The standard InChI is InChI=1S/C18H21N3O3S/c1-2-24-18(23)13-3-4-16(19-11-13)21-8-5-15(6-9-21)20-17(22)14-7-10-25-12-14/h3-4,7,10-12,15H,2,5-6,8-9H2,1H3,(H,20,22). The highest BCUT2D eigenvalue weighted by molar-refractivity contribution is 7.08. The zero-order valence-electron chi connectivity index (χ0n) is 14.1. The molecule has 0 aliphatic carbocycles. The van der Waals surface area contributed by atoms with Gasteiger partial charge in [-0.1, -0.05) is 0 Å². The number of rotatable bonds is 5. The fourth-order valence-electron chi connectivity index (χ4n) is 2.82. The molecule has 2 aromatic heterocycles. The van der Waals surface area contributed by atoms with Crippen LogP contribution in [0.3, 0.4) is 0 Å². The second-order valence-electron chi connectivity index (χ2n) is 5.87. The van der Waals surface area contributed by atoms with Gasteiger partial charge in [0.2, 0.25) is 0 Å². The maximum atomic E-state index is 12.1. The molecule has 0 aromatic carbocycles. The van der Waals surface area contributed by atoms with Crippen molar-refractivity contribution >= 4 is 29.0 Å². The Bertz CT molecular complexity index is 708. The summed E-state index contributed by atoms with van der Waals surface area (Å²) in [6.07, 6.45) is 3.30. The highest BCUT2D eigenvalue weighted by Gasteiger charge is 2.22. The van der Waals surface area contributed by atoms with Crippen LogP contribution in [0.15, 0.2) is 35.2 Å². The van der Waals surface area contributed by atoms with Crippen LogP contribution in [-0.4, -0.2) is 42.6 Å². The third-order valence-electron chi connectivity index (χ3n) is 4.20. The number of pyridine rings is 1. The van der Waals surface area contributed by atoms with Crippen LogP contribution in [0.25, 0.3) is 0 Å². The Balaban J connectivity index is 1.52. The molecule has 0 atom stereocenters. The number of carbonyl (C=O) groups is 2. The predicted octanol–water partition coefficient (Wildman–Crippen LogP) is 2.72.